The number of halogens is 1. The molecule has 0 atom stereocenters. The Bertz CT molecular complexity index is 1640. The summed E-state index contributed by atoms with van der Waals surface area (Å²) in [7, 11) is 0. The predicted octanol–water partition coefficient (Wildman–Crippen LogP) is 6.22. The Morgan fingerprint density at radius 2 is 1.59 bits per heavy atom. The van der Waals surface area contributed by atoms with E-state index in [4.69, 9.17) is 21.1 Å². The number of benzene rings is 3. The monoisotopic (exact) mass is 635 g/mol. The van der Waals surface area contributed by atoms with Gasteiger partial charge in [-0.3, -0.25) is 24.1 Å². The molecule has 1 saturated heterocycles. The molecule has 0 bridgehead atoms. The molecule has 1 aliphatic heterocycles. The number of anilines is 2. The molecule has 12 heteroatoms. The van der Waals surface area contributed by atoms with Crippen molar-refractivity contribution in [1.29, 1.82) is 0 Å². The average Bonchev–Trinajstić information content (AvgIpc) is 3.25. The Kier molecular flexibility index (Phi) is 10.8. The SMILES string of the molecule is CCCOC(=O)c1cc(NC(=O)CN2C(=O)S/C(=C\c3ccc(OCC(=O)Nc4ccc(C)c(C)c4)cc3)C2=O)ccc1Cl. The standard InChI is InChI=1S/C32H30ClN3O7S/c1-4-13-42-31(40)25-16-23(9-12-26(25)33)34-28(37)17-36-30(39)27(44-32(36)41)15-21-6-10-24(11-7-21)43-18-29(38)35-22-8-5-19(2)20(3)14-22/h5-12,14-16H,4,13,17-18H2,1-3H3,(H,34,37)(H,35,38)/b27-15-. The van der Waals surface area contributed by atoms with E-state index in [1.165, 1.54) is 24.3 Å². The first-order valence-corrected chi connectivity index (χ1v) is 14.9. The lowest BCUT2D eigenvalue weighted by Gasteiger charge is -2.13. The summed E-state index contributed by atoms with van der Waals surface area (Å²) < 4.78 is 10.7. The molecule has 1 aliphatic rings. The summed E-state index contributed by atoms with van der Waals surface area (Å²) in [5.74, 6) is -1.72. The first kappa shape index (κ1) is 32.3. The molecule has 1 fully saturated rings. The number of nitrogens with zero attached hydrogens (tertiary/aromatic N) is 1. The van der Waals surface area contributed by atoms with Crippen molar-refractivity contribution in [2.45, 2.75) is 27.2 Å². The van der Waals surface area contributed by atoms with Crippen LogP contribution in [-0.2, 0) is 19.1 Å². The molecule has 44 heavy (non-hydrogen) atoms. The van der Waals surface area contributed by atoms with Crippen LogP contribution in [0.5, 0.6) is 5.75 Å². The summed E-state index contributed by atoms with van der Waals surface area (Å²) in [6, 6.07) is 16.6. The minimum atomic E-state index is -0.633. The van der Waals surface area contributed by atoms with Crippen molar-refractivity contribution in [2.75, 3.05) is 30.4 Å². The molecule has 3 aromatic rings. The van der Waals surface area contributed by atoms with Gasteiger partial charge >= 0.3 is 5.97 Å². The molecule has 228 valence electrons. The fourth-order valence-electron chi connectivity index (χ4n) is 3.99. The summed E-state index contributed by atoms with van der Waals surface area (Å²) in [4.78, 5) is 63.6. The highest BCUT2D eigenvalue weighted by Gasteiger charge is 2.36. The number of imide groups is 1. The third-order valence-corrected chi connectivity index (χ3v) is 7.66. The van der Waals surface area contributed by atoms with Gasteiger partial charge in [0.25, 0.3) is 17.1 Å². The third kappa shape index (κ3) is 8.48. The molecule has 10 nitrogen and oxygen atoms in total. The number of hydrogen-bond acceptors (Lipinski definition) is 8. The first-order valence-electron chi connectivity index (χ1n) is 13.7. The van der Waals surface area contributed by atoms with Gasteiger partial charge in [0.2, 0.25) is 5.91 Å². The largest absolute Gasteiger partial charge is 0.484 e. The van der Waals surface area contributed by atoms with Gasteiger partial charge in [0, 0.05) is 11.4 Å². The van der Waals surface area contributed by atoms with Crippen LogP contribution in [0.25, 0.3) is 6.08 Å². The number of esters is 1. The van der Waals surface area contributed by atoms with E-state index in [1.807, 2.05) is 39.0 Å². The minimum absolute atomic E-state index is 0.0871. The van der Waals surface area contributed by atoms with Gasteiger partial charge in [-0.05, 0) is 97.3 Å². The zero-order valence-corrected chi connectivity index (χ0v) is 25.8. The lowest BCUT2D eigenvalue weighted by molar-refractivity contribution is -0.127. The van der Waals surface area contributed by atoms with Crippen LogP contribution in [0.1, 0.15) is 40.4 Å². The number of carbonyl (C=O) groups is 5. The molecule has 4 amide bonds. The van der Waals surface area contributed by atoms with E-state index < -0.39 is 29.6 Å². The number of aryl methyl sites for hydroxylation is 2. The second-order valence-electron chi connectivity index (χ2n) is 9.85. The van der Waals surface area contributed by atoms with E-state index in [2.05, 4.69) is 10.6 Å². The molecular formula is C32H30ClN3O7S. The number of nitrogens with one attached hydrogen (secondary N) is 2. The second-order valence-corrected chi connectivity index (χ2v) is 11.3. The van der Waals surface area contributed by atoms with E-state index in [0.717, 1.165) is 27.8 Å². The maximum absolute atomic E-state index is 12.9. The lowest BCUT2D eigenvalue weighted by atomic mass is 10.1. The average molecular weight is 636 g/mol. The third-order valence-electron chi connectivity index (χ3n) is 6.42. The molecule has 3 aromatic carbocycles. The van der Waals surface area contributed by atoms with Gasteiger partial charge in [-0.15, -0.1) is 0 Å². The van der Waals surface area contributed by atoms with E-state index in [0.29, 0.717) is 23.4 Å². The van der Waals surface area contributed by atoms with E-state index in [-0.39, 0.29) is 40.3 Å². The van der Waals surface area contributed by atoms with Crippen molar-refractivity contribution in [3.63, 3.8) is 0 Å². The number of hydrogen-bond donors (Lipinski definition) is 2. The van der Waals surface area contributed by atoms with Crippen LogP contribution in [0, 0.1) is 13.8 Å². The zero-order chi connectivity index (χ0) is 31.8. The highest BCUT2D eigenvalue weighted by atomic mass is 35.5. The molecular weight excluding hydrogens is 606 g/mol. The molecule has 0 aliphatic carbocycles. The predicted molar refractivity (Wildman–Crippen MR) is 170 cm³/mol. The highest BCUT2D eigenvalue weighted by molar-refractivity contribution is 8.18. The van der Waals surface area contributed by atoms with Gasteiger partial charge < -0.3 is 20.1 Å². The van der Waals surface area contributed by atoms with Crippen molar-refractivity contribution in [1.82, 2.24) is 4.90 Å². The van der Waals surface area contributed by atoms with Gasteiger partial charge in [0.05, 0.1) is 22.1 Å². The van der Waals surface area contributed by atoms with Gasteiger partial charge in [-0.25, -0.2) is 4.79 Å². The molecule has 0 aromatic heterocycles. The normalized spacial score (nSPS) is 13.6. The van der Waals surface area contributed by atoms with Crippen LogP contribution < -0.4 is 15.4 Å². The van der Waals surface area contributed by atoms with Crippen molar-refractivity contribution < 1.29 is 33.4 Å². The molecule has 0 saturated carbocycles. The van der Waals surface area contributed by atoms with Crippen LogP contribution in [0.3, 0.4) is 0 Å². The Morgan fingerprint density at radius 3 is 2.30 bits per heavy atom. The van der Waals surface area contributed by atoms with Crippen LogP contribution >= 0.6 is 23.4 Å². The second kappa shape index (κ2) is 14.7. The van der Waals surface area contributed by atoms with E-state index in [9.17, 15) is 24.0 Å². The Hall–Kier alpha value is -4.61. The van der Waals surface area contributed by atoms with E-state index in [1.54, 1.807) is 24.3 Å². The van der Waals surface area contributed by atoms with Crippen LogP contribution in [0.2, 0.25) is 5.02 Å². The van der Waals surface area contributed by atoms with Crippen molar-refractivity contribution in [3.8, 4) is 5.75 Å². The fraction of sp³-hybridized carbons (Fsp3) is 0.219. The Balaban J connectivity index is 1.31. The topological polar surface area (TPSA) is 131 Å². The molecule has 0 radical (unpaired) electrons. The maximum atomic E-state index is 12.9. The summed E-state index contributed by atoms with van der Waals surface area (Å²) in [5.41, 5.74) is 3.85. The van der Waals surface area contributed by atoms with Crippen LogP contribution in [0.15, 0.2) is 65.6 Å². The summed E-state index contributed by atoms with van der Waals surface area (Å²) in [6.45, 7) is 5.34. The number of ether oxygens (including phenoxy) is 2. The van der Waals surface area contributed by atoms with Crippen LogP contribution in [0.4, 0.5) is 16.2 Å². The zero-order valence-electron chi connectivity index (χ0n) is 24.3. The molecule has 2 N–H and O–H groups in total. The van der Waals surface area contributed by atoms with Gasteiger partial charge in [0.15, 0.2) is 6.61 Å². The number of carbonyl (C=O) groups excluding carboxylic acids is 5. The Labute approximate surface area is 263 Å². The number of thioether (sulfide) groups is 1. The molecule has 0 spiro atoms. The smallest absolute Gasteiger partial charge is 0.339 e. The summed E-state index contributed by atoms with van der Waals surface area (Å²) in [5, 5.41) is 4.94. The molecule has 0 unspecified atom stereocenters. The van der Waals surface area contributed by atoms with Gasteiger partial charge in [-0.1, -0.05) is 36.7 Å². The van der Waals surface area contributed by atoms with Gasteiger partial charge in [0.1, 0.15) is 12.3 Å². The van der Waals surface area contributed by atoms with Crippen molar-refractivity contribution >= 4 is 69.7 Å². The van der Waals surface area contributed by atoms with E-state index >= 15 is 0 Å². The van der Waals surface area contributed by atoms with Crippen molar-refractivity contribution in [2.24, 2.45) is 0 Å². The summed E-state index contributed by atoms with van der Waals surface area (Å²) in [6.07, 6.45) is 2.17. The first-order chi connectivity index (χ1) is 21.0. The number of amides is 4. The summed E-state index contributed by atoms with van der Waals surface area (Å²) >= 11 is 6.81. The Morgan fingerprint density at radius 1 is 0.909 bits per heavy atom. The van der Waals surface area contributed by atoms with Crippen molar-refractivity contribution in [3.05, 3.63) is 92.8 Å². The highest BCUT2D eigenvalue weighted by Crippen LogP contribution is 2.32. The lowest BCUT2D eigenvalue weighted by Crippen LogP contribution is -2.36. The molecule has 1 heterocycles. The maximum Gasteiger partial charge on any atom is 0.339 e. The minimum Gasteiger partial charge on any atom is -0.484 e. The fourth-order valence-corrected chi connectivity index (χ4v) is 5.02. The van der Waals surface area contributed by atoms with Crippen LogP contribution in [-0.4, -0.2) is 53.6 Å². The van der Waals surface area contributed by atoms with Gasteiger partial charge in [-0.2, -0.15) is 0 Å². The number of rotatable bonds is 11. The molecule has 4 rings (SSSR count). The quantitative estimate of drug-likeness (QED) is 0.188.